The van der Waals surface area contributed by atoms with Crippen molar-refractivity contribution in [1.82, 2.24) is 0 Å². The molecule has 2 rings (SSSR count). The van der Waals surface area contributed by atoms with E-state index >= 15 is 0 Å². The number of rotatable bonds is 4. The first-order valence-corrected chi connectivity index (χ1v) is 6.34. The second-order valence-corrected chi connectivity index (χ2v) is 4.56. The molecule has 0 aromatic heterocycles. The Hall–Kier alpha value is -1.01. The highest BCUT2D eigenvalue weighted by Crippen LogP contribution is 2.37. The zero-order chi connectivity index (χ0) is 13.8. The first kappa shape index (κ1) is 14.4. The first-order valence-electron chi connectivity index (χ1n) is 5.96. The number of methoxy groups -OCH3 is 2. The Morgan fingerprint density at radius 3 is 2.53 bits per heavy atom. The lowest BCUT2D eigenvalue weighted by atomic mass is 10.0. The minimum atomic E-state index is -0.868. The Morgan fingerprint density at radius 2 is 1.95 bits per heavy atom. The standard InChI is InChI=1S/C13H17ClO5/c1-16-10-5-8(9(14)6-11(10)17-2)13(15)12-7-18-3-4-19-12/h5-6,12-13,15H,3-4,7H2,1-2H3. The van der Waals surface area contributed by atoms with Crippen LogP contribution in [-0.4, -0.2) is 45.3 Å². The highest BCUT2D eigenvalue weighted by Gasteiger charge is 2.27. The molecule has 106 valence electrons. The predicted octanol–water partition coefficient (Wildman–Crippen LogP) is 1.81. The molecular weight excluding hydrogens is 272 g/mol. The fourth-order valence-electron chi connectivity index (χ4n) is 1.99. The lowest BCUT2D eigenvalue weighted by Gasteiger charge is -2.28. The van der Waals surface area contributed by atoms with Gasteiger partial charge in [0.15, 0.2) is 11.5 Å². The molecule has 1 N–H and O–H groups in total. The topological polar surface area (TPSA) is 57.2 Å². The second kappa shape index (κ2) is 6.43. The maximum atomic E-state index is 10.3. The molecule has 1 aromatic carbocycles. The molecule has 1 saturated heterocycles. The average Bonchev–Trinajstić information content (AvgIpc) is 2.47. The summed E-state index contributed by atoms with van der Waals surface area (Å²) in [7, 11) is 3.06. The number of ether oxygens (including phenoxy) is 4. The largest absolute Gasteiger partial charge is 0.493 e. The molecule has 0 radical (unpaired) electrons. The van der Waals surface area contributed by atoms with E-state index in [1.54, 1.807) is 12.1 Å². The summed E-state index contributed by atoms with van der Waals surface area (Å²) in [6.07, 6.45) is -1.29. The third-order valence-corrected chi connectivity index (χ3v) is 3.34. The Labute approximate surface area is 117 Å². The van der Waals surface area contributed by atoms with Crippen molar-refractivity contribution >= 4 is 11.6 Å². The Morgan fingerprint density at radius 1 is 1.26 bits per heavy atom. The van der Waals surface area contributed by atoms with Crippen molar-refractivity contribution in [3.05, 3.63) is 22.7 Å². The van der Waals surface area contributed by atoms with E-state index in [0.29, 0.717) is 41.9 Å². The van der Waals surface area contributed by atoms with Crippen LogP contribution in [0.1, 0.15) is 11.7 Å². The summed E-state index contributed by atoms with van der Waals surface area (Å²) in [5.74, 6) is 1.03. The van der Waals surface area contributed by atoms with E-state index in [2.05, 4.69) is 0 Å². The normalized spacial score (nSPS) is 20.9. The van der Waals surface area contributed by atoms with Crippen LogP contribution in [0.2, 0.25) is 5.02 Å². The molecule has 0 bridgehead atoms. The molecule has 1 aliphatic heterocycles. The minimum Gasteiger partial charge on any atom is -0.493 e. The van der Waals surface area contributed by atoms with E-state index in [1.165, 1.54) is 14.2 Å². The van der Waals surface area contributed by atoms with Crippen LogP contribution < -0.4 is 9.47 Å². The molecule has 0 spiro atoms. The van der Waals surface area contributed by atoms with Crippen molar-refractivity contribution in [2.45, 2.75) is 12.2 Å². The summed E-state index contributed by atoms with van der Waals surface area (Å²) in [6, 6.07) is 3.27. The van der Waals surface area contributed by atoms with Gasteiger partial charge in [0, 0.05) is 11.6 Å². The van der Waals surface area contributed by atoms with Gasteiger partial charge in [0.25, 0.3) is 0 Å². The lowest BCUT2D eigenvalue weighted by molar-refractivity contribution is -0.133. The van der Waals surface area contributed by atoms with E-state index < -0.39 is 12.2 Å². The van der Waals surface area contributed by atoms with E-state index in [0.717, 1.165) is 0 Å². The van der Waals surface area contributed by atoms with Gasteiger partial charge < -0.3 is 24.1 Å². The summed E-state index contributed by atoms with van der Waals surface area (Å²) < 4.78 is 21.1. The lowest BCUT2D eigenvalue weighted by Crippen LogP contribution is -2.34. The van der Waals surface area contributed by atoms with Gasteiger partial charge in [0.05, 0.1) is 39.1 Å². The third-order valence-electron chi connectivity index (χ3n) is 3.02. The maximum Gasteiger partial charge on any atom is 0.162 e. The van der Waals surface area contributed by atoms with Crippen molar-refractivity contribution in [2.75, 3.05) is 34.0 Å². The van der Waals surface area contributed by atoms with Crippen molar-refractivity contribution in [2.24, 2.45) is 0 Å². The summed E-state index contributed by atoms with van der Waals surface area (Å²) >= 11 is 6.16. The molecule has 2 atom stereocenters. The summed E-state index contributed by atoms with van der Waals surface area (Å²) in [5.41, 5.74) is 0.537. The fourth-order valence-corrected chi connectivity index (χ4v) is 2.25. The number of aliphatic hydroxyl groups excluding tert-OH is 1. The summed E-state index contributed by atoms with van der Waals surface area (Å²) in [6.45, 7) is 1.35. The predicted molar refractivity (Wildman–Crippen MR) is 70.1 cm³/mol. The minimum absolute atomic E-state index is 0.339. The van der Waals surface area contributed by atoms with E-state index in [1.807, 2.05) is 0 Å². The van der Waals surface area contributed by atoms with Crippen LogP contribution in [0.5, 0.6) is 11.5 Å². The molecule has 0 aliphatic carbocycles. The van der Waals surface area contributed by atoms with Crippen LogP contribution in [0.25, 0.3) is 0 Å². The number of benzene rings is 1. The average molecular weight is 289 g/mol. The van der Waals surface area contributed by atoms with Crippen LogP contribution in [0, 0.1) is 0 Å². The summed E-state index contributed by atoms with van der Waals surface area (Å²) in [4.78, 5) is 0. The van der Waals surface area contributed by atoms with Crippen molar-refractivity contribution < 1.29 is 24.1 Å². The zero-order valence-electron chi connectivity index (χ0n) is 10.9. The van der Waals surface area contributed by atoms with Crippen molar-refractivity contribution in [3.8, 4) is 11.5 Å². The smallest absolute Gasteiger partial charge is 0.162 e. The van der Waals surface area contributed by atoms with Gasteiger partial charge in [0.2, 0.25) is 0 Å². The molecule has 1 aliphatic rings. The molecule has 19 heavy (non-hydrogen) atoms. The Bertz CT molecular complexity index is 431. The van der Waals surface area contributed by atoms with Gasteiger partial charge in [0.1, 0.15) is 12.2 Å². The molecular formula is C13H17ClO5. The fraction of sp³-hybridized carbons (Fsp3) is 0.538. The monoisotopic (exact) mass is 288 g/mol. The van der Waals surface area contributed by atoms with Gasteiger partial charge in [-0.2, -0.15) is 0 Å². The number of aliphatic hydroxyl groups is 1. The zero-order valence-corrected chi connectivity index (χ0v) is 11.6. The Kier molecular flexibility index (Phi) is 4.87. The molecule has 0 saturated carbocycles. The summed E-state index contributed by atoms with van der Waals surface area (Å²) in [5, 5.41) is 10.7. The molecule has 5 nitrogen and oxygen atoms in total. The van der Waals surface area contributed by atoms with Crippen LogP contribution >= 0.6 is 11.6 Å². The van der Waals surface area contributed by atoms with Crippen LogP contribution in [0.3, 0.4) is 0 Å². The van der Waals surface area contributed by atoms with Gasteiger partial charge in [-0.25, -0.2) is 0 Å². The Balaban J connectivity index is 2.27. The highest BCUT2D eigenvalue weighted by atomic mass is 35.5. The van der Waals surface area contributed by atoms with Gasteiger partial charge in [-0.3, -0.25) is 0 Å². The highest BCUT2D eigenvalue weighted by molar-refractivity contribution is 6.31. The molecule has 1 heterocycles. The van der Waals surface area contributed by atoms with Crippen LogP contribution in [-0.2, 0) is 9.47 Å². The quantitative estimate of drug-likeness (QED) is 0.916. The number of hydrogen-bond donors (Lipinski definition) is 1. The van der Waals surface area contributed by atoms with Gasteiger partial charge >= 0.3 is 0 Å². The molecule has 1 fully saturated rings. The van der Waals surface area contributed by atoms with Crippen LogP contribution in [0.15, 0.2) is 12.1 Å². The van der Waals surface area contributed by atoms with E-state index in [-0.39, 0.29) is 0 Å². The molecule has 6 heteroatoms. The molecule has 1 aromatic rings. The van der Waals surface area contributed by atoms with Gasteiger partial charge in [-0.1, -0.05) is 11.6 Å². The first-order chi connectivity index (χ1) is 9.17. The second-order valence-electron chi connectivity index (χ2n) is 4.16. The van der Waals surface area contributed by atoms with Crippen molar-refractivity contribution in [1.29, 1.82) is 0 Å². The van der Waals surface area contributed by atoms with Crippen LogP contribution in [0.4, 0.5) is 0 Å². The van der Waals surface area contributed by atoms with E-state index in [4.69, 9.17) is 30.5 Å². The van der Waals surface area contributed by atoms with Gasteiger partial charge in [-0.05, 0) is 6.07 Å². The van der Waals surface area contributed by atoms with Crippen molar-refractivity contribution in [3.63, 3.8) is 0 Å². The van der Waals surface area contributed by atoms with Gasteiger partial charge in [-0.15, -0.1) is 0 Å². The molecule has 0 amide bonds. The SMILES string of the molecule is COc1cc(Cl)c(C(O)C2COCCO2)cc1OC. The third kappa shape index (κ3) is 3.12. The van der Waals surface area contributed by atoms with E-state index in [9.17, 15) is 5.11 Å². The number of hydrogen-bond acceptors (Lipinski definition) is 5. The molecule has 2 unspecified atom stereocenters. The number of halogens is 1. The maximum absolute atomic E-state index is 10.3.